The summed E-state index contributed by atoms with van der Waals surface area (Å²) >= 11 is 0. The number of ether oxygens (including phenoxy) is 4. The van der Waals surface area contributed by atoms with Crippen molar-refractivity contribution in [2.45, 2.75) is 77.9 Å². The lowest BCUT2D eigenvalue weighted by atomic mass is 9.88. The van der Waals surface area contributed by atoms with E-state index in [0.29, 0.717) is 13.2 Å². The average Bonchev–Trinajstić information content (AvgIpc) is 2.61. The zero-order chi connectivity index (χ0) is 21.1. The molecule has 0 bridgehead atoms. The van der Waals surface area contributed by atoms with Crippen LogP contribution in [0.5, 0.6) is 0 Å². The molecule has 0 aromatic heterocycles. The number of carbonyl (C=O) groups is 3. The van der Waals surface area contributed by atoms with Crippen LogP contribution in [0.3, 0.4) is 0 Å². The quantitative estimate of drug-likeness (QED) is 0.385. The van der Waals surface area contributed by atoms with E-state index in [0.717, 1.165) is 25.7 Å². The number of hydrogen-bond donors (Lipinski definition) is 2. The molecular weight excluding hydrogens is 368 g/mol. The third-order valence-electron chi connectivity index (χ3n) is 4.56. The number of esters is 2. The summed E-state index contributed by atoms with van der Waals surface area (Å²) in [7, 11) is 0. The average molecular weight is 402 g/mol. The SMILES string of the molecule is CC(=O)NC1[C@H](OCCCCCCN)OC(COC(C)=O)[C@H](OC(C)=O)[C@@H]1C. The highest BCUT2D eigenvalue weighted by molar-refractivity contribution is 5.73. The van der Waals surface area contributed by atoms with Crippen molar-refractivity contribution < 1.29 is 33.3 Å². The van der Waals surface area contributed by atoms with Crippen LogP contribution >= 0.6 is 0 Å². The van der Waals surface area contributed by atoms with E-state index >= 15 is 0 Å². The zero-order valence-electron chi connectivity index (χ0n) is 17.3. The van der Waals surface area contributed by atoms with E-state index in [1.54, 1.807) is 0 Å². The number of nitrogens with two attached hydrogens (primary N) is 1. The molecule has 9 heteroatoms. The molecule has 9 nitrogen and oxygen atoms in total. The first-order chi connectivity index (χ1) is 13.3. The molecule has 1 aliphatic rings. The summed E-state index contributed by atoms with van der Waals surface area (Å²) in [5, 5.41) is 2.83. The van der Waals surface area contributed by atoms with E-state index in [4.69, 9.17) is 24.7 Å². The van der Waals surface area contributed by atoms with Gasteiger partial charge in [-0.25, -0.2) is 0 Å². The minimum atomic E-state index is -0.735. The second-order valence-corrected chi connectivity index (χ2v) is 7.08. The lowest BCUT2D eigenvalue weighted by molar-refractivity contribution is -0.262. The first-order valence-electron chi connectivity index (χ1n) is 9.81. The summed E-state index contributed by atoms with van der Waals surface area (Å²) < 4.78 is 22.3. The van der Waals surface area contributed by atoms with Crippen LogP contribution in [0.25, 0.3) is 0 Å². The van der Waals surface area contributed by atoms with Crippen LogP contribution in [-0.4, -0.2) is 62.1 Å². The first kappa shape index (κ1) is 24.3. The molecule has 1 heterocycles. The maximum atomic E-state index is 11.7. The minimum Gasteiger partial charge on any atom is -0.463 e. The maximum Gasteiger partial charge on any atom is 0.303 e. The molecule has 0 aliphatic carbocycles. The Morgan fingerprint density at radius 3 is 2.29 bits per heavy atom. The van der Waals surface area contributed by atoms with E-state index in [9.17, 15) is 14.4 Å². The van der Waals surface area contributed by atoms with Crippen molar-refractivity contribution in [3.63, 3.8) is 0 Å². The normalized spacial score (nSPS) is 27.1. The molecule has 0 spiro atoms. The second-order valence-electron chi connectivity index (χ2n) is 7.08. The predicted octanol–water partition coefficient (Wildman–Crippen LogP) is 0.883. The highest BCUT2D eigenvalue weighted by atomic mass is 16.7. The summed E-state index contributed by atoms with van der Waals surface area (Å²) in [5.41, 5.74) is 5.49. The molecule has 1 amide bonds. The lowest BCUT2D eigenvalue weighted by Crippen LogP contribution is -2.62. The fraction of sp³-hybridized carbons (Fsp3) is 0.842. The van der Waals surface area contributed by atoms with E-state index in [2.05, 4.69) is 5.32 Å². The molecule has 3 N–H and O–H groups in total. The fourth-order valence-electron chi connectivity index (χ4n) is 3.21. The Hall–Kier alpha value is -1.71. The topological polar surface area (TPSA) is 126 Å². The van der Waals surface area contributed by atoms with Crippen LogP contribution in [-0.2, 0) is 33.3 Å². The van der Waals surface area contributed by atoms with E-state index in [1.165, 1.54) is 20.8 Å². The van der Waals surface area contributed by atoms with Crippen LogP contribution in [0, 0.1) is 5.92 Å². The molecule has 0 saturated carbocycles. The standard InChI is InChI=1S/C19H34N2O7/c1-12-17(21-13(2)22)19(25-10-8-6-5-7-9-20)28-16(11-26-14(3)23)18(12)27-15(4)24/h12,16-19H,5-11,20H2,1-4H3,(H,21,22)/t12-,16?,17?,18-,19-/m1/s1. The van der Waals surface area contributed by atoms with Gasteiger partial charge in [-0.15, -0.1) is 0 Å². The molecule has 2 unspecified atom stereocenters. The van der Waals surface area contributed by atoms with Gasteiger partial charge in [-0.3, -0.25) is 14.4 Å². The molecule has 1 rings (SSSR count). The van der Waals surface area contributed by atoms with Crippen molar-refractivity contribution in [3.8, 4) is 0 Å². The van der Waals surface area contributed by atoms with E-state index < -0.39 is 36.5 Å². The third-order valence-corrected chi connectivity index (χ3v) is 4.56. The first-order valence-corrected chi connectivity index (χ1v) is 9.81. The van der Waals surface area contributed by atoms with E-state index in [1.807, 2.05) is 6.92 Å². The van der Waals surface area contributed by atoms with Gasteiger partial charge in [0.1, 0.15) is 18.8 Å². The van der Waals surface area contributed by atoms with Gasteiger partial charge in [0.05, 0.1) is 6.04 Å². The van der Waals surface area contributed by atoms with Gasteiger partial charge in [-0.05, 0) is 19.4 Å². The van der Waals surface area contributed by atoms with Crippen LogP contribution in [0.1, 0.15) is 53.4 Å². The van der Waals surface area contributed by atoms with Gasteiger partial charge in [0, 0.05) is 33.3 Å². The molecule has 0 aromatic rings. The molecule has 28 heavy (non-hydrogen) atoms. The highest BCUT2D eigenvalue weighted by Gasteiger charge is 2.46. The fourth-order valence-corrected chi connectivity index (χ4v) is 3.21. The Labute approximate surface area is 166 Å². The Kier molecular flexibility index (Phi) is 11.0. The molecule has 1 fully saturated rings. The summed E-state index contributed by atoms with van der Waals surface area (Å²) in [6, 6.07) is -0.500. The summed E-state index contributed by atoms with van der Waals surface area (Å²) in [4.78, 5) is 34.4. The van der Waals surface area contributed by atoms with Crippen molar-refractivity contribution in [1.29, 1.82) is 0 Å². The highest BCUT2D eigenvalue weighted by Crippen LogP contribution is 2.30. The molecule has 5 atom stereocenters. The zero-order valence-corrected chi connectivity index (χ0v) is 17.3. The van der Waals surface area contributed by atoms with Crippen molar-refractivity contribution >= 4 is 17.8 Å². The monoisotopic (exact) mass is 402 g/mol. The van der Waals surface area contributed by atoms with E-state index in [-0.39, 0.29) is 18.4 Å². The summed E-state index contributed by atoms with van der Waals surface area (Å²) in [5.74, 6) is -1.48. The van der Waals surface area contributed by atoms with Crippen LogP contribution in [0.2, 0.25) is 0 Å². The van der Waals surface area contributed by atoms with Crippen molar-refractivity contribution in [2.24, 2.45) is 11.7 Å². The smallest absolute Gasteiger partial charge is 0.303 e. The predicted molar refractivity (Wildman–Crippen MR) is 101 cm³/mol. The van der Waals surface area contributed by atoms with Gasteiger partial charge < -0.3 is 30.0 Å². The number of amides is 1. The van der Waals surface area contributed by atoms with Gasteiger partial charge in [0.2, 0.25) is 5.91 Å². The van der Waals surface area contributed by atoms with Gasteiger partial charge in [-0.2, -0.15) is 0 Å². The van der Waals surface area contributed by atoms with Crippen LogP contribution < -0.4 is 11.1 Å². The second kappa shape index (κ2) is 12.7. The molecular formula is C19H34N2O7. The summed E-state index contributed by atoms with van der Waals surface area (Å²) in [6.45, 7) is 6.90. The van der Waals surface area contributed by atoms with Crippen molar-refractivity contribution in [1.82, 2.24) is 5.32 Å². The van der Waals surface area contributed by atoms with Gasteiger partial charge in [0.25, 0.3) is 0 Å². The minimum absolute atomic E-state index is 0.0687. The van der Waals surface area contributed by atoms with Gasteiger partial charge in [0.15, 0.2) is 6.29 Å². The number of rotatable bonds is 11. The van der Waals surface area contributed by atoms with Gasteiger partial charge in [-0.1, -0.05) is 19.8 Å². The number of carbonyl (C=O) groups excluding carboxylic acids is 3. The number of hydrogen-bond acceptors (Lipinski definition) is 8. The van der Waals surface area contributed by atoms with Crippen molar-refractivity contribution in [2.75, 3.05) is 19.8 Å². The van der Waals surface area contributed by atoms with Crippen molar-refractivity contribution in [3.05, 3.63) is 0 Å². The number of nitrogens with one attached hydrogen (secondary N) is 1. The Morgan fingerprint density at radius 2 is 1.71 bits per heavy atom. The van der Waals surface area contributed by atoms with Crippen LogP contribution in [0.4, 0.5) is 0 Å². The number of unbranched alkanes of at least 4 members (excludes halogenated alkanes) is 3. The molecule has 0 aromatic carbocycles. The Bertz CT molecular complexity index is 513. The third kappa shape index (κ3) is 8.53. The molecule has 0 radical (unpaired) electrons. The molecule has 162 valence electrons. The summed E-state index contributed by atoms with van der Waals surface area (Å²) in [6.07, 6.45) is 1.72. The Morgan fingerprint density at radius 1 is 1.04 bits per heavy atom. The Balaban J connectivity index is 2.82. The maximum absolute atomic E-state index is 11.7. The van der Waals surface area contributed by atoms with Gasteiger partial charge >= 0.3 is 11.9 Å². The largest absolute Gasteiger partial charge is 0.463 e. The molecule has 1 aliphatic heterocycles. The molecule has 1 saturated heterocycles. The lowest BCUT2D eigenvalue weighted by Gasteiger charge is -2.44. The van der Waals surface area contributed by atoms with Crippen LogP contribution in [0.15, 0.2) is 0 Å².